The van der Waals surface area contributed by atoms with Crippen molar-refractivity contribution in [3.8, 4) is 0 Å². The maximum absolute atomic E-state index is 13.4. The Balaban J connectivity index is 2.47. The van der Waals surface area contributed by atoms with Crippen molar-refractivity contribution in [3.63, 3.8) is 0 Å². The molecule has 0 aliphatic carbocycles. The third-order valence-electron chi connectivity index (χ3n) is 2.35. The SMILES string of the molecule is O=C(c1ccc(Br)c(F)c1)c1cc(F)ccc1F. The molecule has 0 atom stereocenters. The summed E-state index contributed by atoms with van der Waals surface area (Å²) < 4.78 is 39.8. The zero-order chi connectivity index (χ0) is 13.3. The van der Waals surface area contributed by atoms with Crippen LogP contribution in [0.15, 0.2) is 40.9 Å². The molecule has 2 aromatic rings. The van der Waals surface area contributed by atoms with Crippen LogP contribution < -0.4 is 0 Å². The molecule has 0 aromatic heterocycles. The summed E-state index contributed by atoms with van der Waals surface area (Å²) in [6.07, 6.45) is 0. The van der Waals surface area contributed by atoms with Crippen molar-refractivity contribution in [2.75, 3.05) is 0 Å². The Morgan fingerprint density at radius 2 is 1.67 bits per heavy atom. The summed E-state index contributed by atoms with van der Waals surface area (Å²) in [5, 5.41) is 0. The van der Waals surface area contributed by atoms with Crippen LogP contribution in [0.4, 0.5) is 13.2 Å². The Hall–Kier alpha value is -1.62. The van der Waals surface area contributed by atoms with E-state index in [0.29, 0.717) is 0 Å². The second-order valence-corrected chi connectivity index (χ2v) is 4.44. The van der Waals surface area contributed by atoms with E-state index in [2.05, 4.69) is 15.9 Å². The highest BCUT2D eigenvalue weighted by Gasteiger charge is 2.16. The van der Waals surface area contributed by atoms with Gasteiger partial charge < -0.3 is 0 Å². The van der Waals surface area contributed by atoms with Crippen LogP contribution in [0.1, 0.15) is 15.9 Å². The number of hydrogen-bond acceptors (Lipinski definition) is 1. The van der Waals surface area contributed by atoms with Crippen LogP contribution in [0.2, 0.25) is 0 Å². The second kappa shape index (κ2) is 4.94. The lowest BCUT2D eigenvalue weighted by atomic mass is 10.0. The second-order valence-electron chi connectivity index (χ2n) is 3.58. The number of carbonyl (C=O) groups is 1. The minimum Gasteiger partial charge on any atom is -0.288 e. The Morgan fingerprint density at radius 1 is 0.944 bits per heavy atom. The maximum atomic E-state index is 13.4. The molecule has 18 heavy (non-hydrogen) atoms. The molecule has 0 aliphatic rings. The van der Waals surface area contributed by atoms with E-state index in [9.17, 15) is 18.0 Å². The fourth-order valence-electron chi connectivity index (χ4n) is 1.46. The first kappa shape index (κ1) is 12.8. The standard InChI is InChI=1S/C13H6BrF3O/c14-10-3-1-7(5-12(10)17)13(18)9-6-8(15)2-4-11(9)16/h1-6H. The Labute approximate surface area is 109 Å². The van der Waals surface area contributed by atoms with Crippen LogP contribution in [0.3, 0.4) is 0 Å². The summed E-state index contributed by atoms with van der Waals surface area (Å²) in [6, 6.07) is 6.19. The number of ketones is 1. The maximum Gasteiger partial charge on any atom is 0.196 e. The zero-order valence-corrected chi connectivity index (χ0v) is 10.5. The molecule has 5 heteroatoms. The number of benzene rings is 2. The monoisotopic (exact) mass is 314 g/mol. The van der Waals surface area contributed by atoms with E-state index in [-0.39, 0.29) is 10.0 Å². The smallest absolute Gasteiger partial charge is 0.196 e. The molecule has 0 spiro atoms. The number of rotatable bonds is 2. The van der Waals surface area contributed by atoms with Crippen LogP contribution in [-0.4, -0.2) is 5.78 Å². The lowest BCUT2D eigenvalue weighted by Gasteiger charge is -2.04. The molecule has 2 rings (SSSR count). The largest absolute Gasteiger partial charge is 0.288 e. The topological polar surface area (TPSA) is 17.1 Å². The zero-order valence-electron chi connectivity index (χ0n) is 8.88. The lowest BCUT2D eigenvalue weighted by Crippen LogP contribution is -2.05. The van der Waals surface area contributed by atoms with Gasteiger partial charge in [0.2, 0.25) is 0 Å². The Morgan fingerprint density at radius 3 is 2.33 bits per heavy atom. The van der Waals surface area contributed by atoms with E-state index in [1.54, 1.807) is 0 Å². The number of hydrogen-bond donors (Lipinski definition) is 0. The molecule has 0 bridgehead atoms. The van der Waals surface area contributed by atoms with Crippen LogP contribution in [-0.2, 0) is 0 Å². The Kier molecular flexibility index (Phi) is 3.52. The Bertz CT molecular complexity index is 626. The van der Waals surface area contributed by atoms with Gasteiger partial charge in [0.15, 0.2) is 5.78 Å². The molecule has 0 amide bonds. The van der Waals surface area contributed by atoms with Gasteiger partial charge in [-0.05, 0) is 52.3 Å². The molecule has 0 heterocycles. The summed E-state index contributed by atoms with van der Waals surface area (Å²) in [7, 11) is 0. The van der Waals surface area contributed by atoms with Crippen LogP contribution in [0.5, 0.6) is 0 Å². The van der Waals surface area contributed by atoms with Gasteiger partial charge in [0.25, 0.3) is 0 Å². The molecule has 0 unspecified atom stereocenters. The summed E-state index contributed by atoms with van der Waals surface area (Å²) in [6.45, 7) is 0. The van der Waals surface area contributed by atoms with E-state index >= 15 is 0 Å². The van der Waals surface area contributed by atoms with E-state index in [1.165, 1.54) is 12.1 Å². The van der Waals surface area contributed by atoms with Crippen molar-refractivity contribution < 1.29 is 18.0 Å². The average molecular weight is 315 g/mol. The molecule has 0 N–H and O–H groups in total. The first-order valence-corrected chi connectivity index (χ1v) is 5.73. The summed E-state index contributed by atoms with van der Waals surface area (Å²) in [5.41, 5.74) is -0.461. The van der Waals surface area contributed by atoms with Gasteiger partial charge in [-0.1, -0.05) is 0 Å². The molecule has 1 nitrogen and oxygen atoms in total. The average Bonchev–Trinajstić information content (AvgIpc) is 2.35. The van der Waals surface area contributed by atoms with Crippen molar-refractivity contribution in [2.24, 2.45) is 0 Å². The van der Waals surface area contributed by atoms with Crippen molar-refractivity contribution in [2.45, 2.75) is 0 Å². The van der Waals surface area contributed by atoms with E-state index in [0.717, 1.165) is 24.3 Å². The third-order valence-corrected chi connectivity index (χ3v) is 3.00. The van der Waals surface area contributed by atoms with Crippen LogP contribution >= 0.6 is 15.9 Å². The van der Waals surface area contributed by atoms with Gasteiger partial charge in [-0.25, -0.2) is 13.2 Å². The minimum absolute atomic E-state index is 0.0415. The molecule has 92 valence electrons. The third kappa shape index (κ3) is 2.46. The fraction of sp³-hybridized carbons (Fsp3) is 0. The van der Waals surface area contributed by atoms with E-state index < -0.39 is 28.8 Å². The molecule has 0 fully saturated rings. The van der Waals surface area contributed by atoms with Gasteiger partial charge in [0.05, 0.1) is 10.0 Å². The fourth-order valence-corrected chi connectivity index (χ4v) is 1.71. The molecular formula is C13H6BrF3O. The predicted molar refractivity (Wildman–Crippen MR) is 63.9 cm³/mol. The van der Waals surface area contributed by atoms with Gasteiger partial charge in [0.1, 0.15) is 17.5 Å². The van der Waals surface area contributed by atoms with E-state index in [4.69, 9.17) is 0 Å². The molecule has 0 aliphatic heterocycles. The van der Waals surface area contributed by atoms with Crippen molar-refractivity contribution >= 4 is 21.7 Å². The summed E-state index contributed by atoms with van der Waals surface area (Å²) in [4.78, 5) is 11.9. The van der Waals surface area contributed by atoms with Crippen molar-refractivity contribution in [1.29, 1.82) is 0 Å². The number of carbonyl (C=O) groups excluding carboxylic acids is 1. The molecule has 2 aromatic carbocycles. The normalized spacial score (nSPS) is 10.4. The first-order chi connectivity index (χ1) is 8.49. The molecule has 0 saturated heterocycles. The predicted octanol–water partition coefficient (Wildman–Crippen LogP) is 4.10. The highest BCUT2D eigenvalue weighted by molar-refractivity contribution is 9.10. The summed E-state index contributed by atoms with van der Waals surface area (Å²) >= 11 is 2.94. The van der Waals surface area contributed by atoms with Crippen molar-refractivity contribution in [3.05, 3.63) is 69.4 Å². The van der Waals surface area contributed by atoms with Crippen molar-refractivity contribution in [1.82, 2.24) is 0 Å². The highest BCUT2D eigenvalue weighted by Crippen LogP contribution is 2.20. The van der Waals surface area contributed by atoms with Gasteiger partial charge in [-0.2, -0.15) is 0 Å². The lowest BCUT2D eigenvalue weighted by molar-refractivity contribution is 0.103. The molecule has 0 radical (unpaired) electrons. The van der Waals surface area contributed by atoms with Crippen LogP contribution in [0.25, 0.3) is 0 Å². The first-order valence-electron chi connectivity index (χ1n) is 4.94. The molecule has 0 saturated carbocycles. The minimum atomic E-state index is -0.843. The van der Waals surface area contributed by atoms with Gasteiger partial charge in [-0.15, -0.1) is 0 Å². The number of halogens is 4. The van der Waals surface area contributed by atoms with Gasteiger partial charge >= 0.3 is 0 Å². The summed E-state index contributed by atoms with van der Waals surface area (Å²) in [5.74, 6) is -2.97. The highest BCUT2D eigenvalue weighted by atomic mass is 79.9. The van der Waals surface area contributed by atoms with Crippen LogP contribution in [0, 0.1) is 17.5 Å². The van der Waals surface area contributed by atoms with E-state index in [1.807, 2.05) is 0 Å². The molecular weight excluding hydrogens is 309 g/mol. The van der Waals surface area contributed by atoms with Gasteiger partial charge in [0, 0.05) is 5.56 Å². The van der Waals surface area contributed by atoms with Gasteiger partial charge in [-0.3, -0.25) is 4.79 Å². The quantitative estimate of drug-likeness (QED) is 0.763.